The number of ether oxygens (including phenoxy) is 2. The predicted octanol–water partition coefficient (Wildman–Crippen LogP) is 2.76. The third-order valence-electron chi connectivity index (χ3n) is 9.88. The molecule has 1 spiro atoms. The zero-order valence-corrected chi connectivity index (χ0v) is 18.2. The lowest BCUT2D eigenvalue weighted by Crippen LogP contribution is -2.62. The summed E-state index contributed by atoms with van der Waals surface area (Å²) in [6.07, 6.45) is 6.60. The van der Waals surface area contributed by atoms with Crippen molar-refractivity contribution in [2.45, 2.75) is 83.0 Å². The van der Waals surface area contributed by atoms with Gasteiger partial charge in [-0.05, 0) is 68.1 Å². The number of rotatable bonds is 1. The molecule has 0 aromatic rings. The number of aliphatic hydroxyl groups is 2. The van der Waals surface area contributed by atoms with Crippen LogP contribution in [-0.4, -0.2) is 47.1 Å². The van der Waals surface area contributed by atoms with Gasteiger partial charge in [0.2, 0.25) is 0 Å². The highest BCUT2D eigenvalue weighted by Gasteiger charge is 2.70. The average molecular weight is 419 g/mol. The van der Waals surface area contributed by atoms with Gasteiger partial charge in [-0.1, -0.05) is 25.5 Å². The summed E-state index contributed by atoms with van der Waals surface area (Å²) in [6, 6.07) is 0. The van der Waals surface area contributed by atoms with E-state index >= 15 is 0 Å². The van der Waals surface area contributed by atoms with Crippen LogP contribution in [0.2, 0.25) is 0 Å². The molecule has 6 heteroatoms. The first-order valence-electron chi connectivity index (χ1n) is 11.5. The number of fused-ring (bicyclic) bond motifs is 6. The summed E-state index contributed by atoms with van der Waals surface area (Å²) >= 11 is 0. The lowest BCUT2D eigenvalue weighted by molar-refractivity contribution is -0.192. The molecule has 3 saturated carbocycles. The van der Waals surface area contributed by atoms with Crippen molar-refractivity contribution in [1.29, 1.82) is 0 Å². The van der Waals surface area contributed by atoms with Gasteiger partial charge >= 0.3 is 11.9 Å². The third kappa shape index (κ3) is 2.49. The summed E-state index contributed by atoms with van der Waals surface area (Å²) in [7, 11) is 1.42. The van der Waals surface area contributed by atoms with Gasteiger partial charge in [-0.2, -0.15) is 0 Å². The lowest BCUT2D eigenvalue weighted by Gasteiger charge is -2.61. The number of hydrogen-bond acceptors (Lipinski definition) is 6. The summed E-state index contributed by atoms with van der Waals surface area (Å²) < 4.78 is 11.2. The lowest BCUT2D eigenvalue weighted by atomic mass is 9.44. The van der Waals surface area contributed by atoms with Crippen molar-refractivity contribution in [1.82, 2.24) is 0 Å². The van der Waals surface area contributed by atoms with E-state index in [0.29, 0.717) is 25.7 Å². The number of hydrogen-bond donors (Lipinski definition) is 2. The van der Waals surface area contributed by atoms with Crippen molar-refractivity contribution in [3.63, 3.8) is 0 Å². The Morgan fingerprint density at radius 2 is 1.97 bits per heavy atom. The molecule has 6 nitrogen and oxygen atoms in total. The molecule has 4 aliphatic carbocycles. The van der Waals surface area contributed by atoms with Gasteiger partial charge in [0.25, 0.3) is 0 Å². The molecule has 0 radical (unpaired) electrons. The van der Waals surface area contributed by atoms with Gasteiger partial charge in [0, 0.05) is 11.8 Å². The summed E-state index contributed by atoms with van der Waals surface area (Å²) in [4.78, 5) is 25.0. The number of carbonyl (C=O) groups is 2. The first-order valence-corrected chi connectivity index (χ1v) is 11.5. The van der Waals surface area contributed by atoms with Gasteiger partial charge in [-0.15, -0.1) is 0 Å². The molecule has 9 atom stereocenters. The van der Waals surface area contributed by atoms with Gasteiger partial charge in [-0.25, -0.2) is 0 Å². The number of methoxy groups -OCH3 is 1. The Balaban J connectivity index is 1.62. The van der Waals surface area contributed by atoms with E-state index in [2.05, 4.69) is 19.9 Å². The normalized spacial score (nSPS) is 52.2. The van der Waals surface area contributed by atoms with Gasteiger partial charge in [0.15, 0.2) is 0 Å². The van der Waals surface area contributed by atoms with E-state index in [9.17, 15) is 19.8 Å². The SMILES string of the molecule is COC(=O)[C@@H]1C=C2C[C@@H](O)CC[C@]2(C)C2C(O)C[C@@]3(C)[C@@H](CC[C@@]34CCC(=O)O4)[C@@H]21. The molecule has 0 bridgehead atoms. The van der Waals surface area contributed by atoms with Crippen LogP contribution in [0.3, 0.4) is 0 Å². The van der Waals surface area contributed by atoms with E-state index in [1.807, 2.05) is 0 Å². The van der Waals surface area contributed by atoms with Crippen LogP contribution in [0.5, 0.6) is 0 Å². The van der Waals surface area contributed by atoms with Crippen molar-refractivity contribution in [2.75, 3.05) is 7.11 Å². The maximum absolute atomic E-state index is 13.0. The molecule has 0 aromatic heterocycles. The highest BCUT2D eigenvalue weighted by molar-refractivity contribution is 5.76. The molecule has 1 saturated heterocycles. The highest BCUT2D eigenvalue weighted by atomic mass is 16.6. The van der Waals surface area contributed by atoms with E-state index in [1.54, 1.807) is 0 Å². The molecular weight excluding hydrogens is 384 g/mol. The van der Waals surface area contributed by atoms with Crippen LogP contribution >= 0.6 is 0 Å². The zero-order valence-electron chi connectivity index (χ0n) is 18.2. The Morgan fingerprint density at radius 1 is 1.20 bits per heavy atom. The summed E-state index contributed by atoms with van der Waals surface area (Å²) in [6.45, 7) is 4.38. The topological polar surface area (TPSA) is 93.1 Å². The van der Waals surface area contributed by atoms with Crippen molar-refractivity contribution >= 4 is 11.9 Å². The van der Waals surface area contributed by atoms with Crippen molar-refractivity contribution in [3.05, 3.63) is 11.6 Å². The van der Waals surface area contributed by atoms with Gasteiger partial charge < -0.3 is 19.7 Å². The second-order valence-corrected chi connectivity index (χ2v) is 11.0. The highest BCUT2D eigenvalue weighted by Crippen LogP contribution is 2.70. The Morgan fingerprint density at radius 3 is 2.63 bits per heavy atom. The molecule has 4 fully saturated rings. The Labute approximate surface area is 178 Å². The maximum atomic E-state index is 13.0. The molecule has 1 heterocycles. The van der Waals surface area contributed by atoms with E-state index < -0.39 is 23.7 Å². The van der Waals surface area contributed by atoms with Crippen LogP contribution in [0, 0.1) is 34.5 Å². The van der Waals surface area contributed by atoms with E-state index in [0.717, 1.165) is 31.3 Å². The van der Waals surface area contributed by atoms with Gasteiger partial charge in [0.1, 0.15) is 5.60 Å². The van der Waals surface area contributed by atoms with Crippen LogP contribution in [0.15, 0.2) is 11.6 Å². The maximum Gasteiger partial charge on any atom is 0.312 e. The molecule has 2 N–H and O–H groups in total. The summed E-state index contributed by atoms with van der Waals surface area (Å²) in [5.74, 6) is -0.756. The van der Waals surface area contributed by atoms with Gasteiger partial charge in [0.05, 0.1) is 25.2 Å². The third-order valence-corrected chi connectivity index (χ3v) is 9.88. The van der Waals surface area contributed by atoms with Crippen LogP contribution in [0.4, 0.5) is 0 Å². The molecule has 30 heavy (non-hydrogen) atoms. The largest absolute Gasteiger partial charge is 0.469 e. The van der Waals surface area contributed by atoms with Crippen molar-refractivity contribution in [2.24, 2.45) is 34.5 Å². The number of carbonyl (C=O) groups excluding carboxylic acids is 2. The van der Waals surface area contributed by atoms with Crippen molar-refractivity contribution in [3.8, 4) is 0 Å². The molecule has 0 aromatic carbocycles. The van der Waals surface area contributed by atoms with E-state index in [1.165, 1.54) is 7.11 Å². The van der Waals surface area contributed by atoms with E-state index in [-0.39, 0.29) is 40.5 Å². The molecule has 2 unspecified atom stereocenters. The van der Waals surface area contributed by atoms with Crippen LogP contribution < -0.4 is 0 Å². The molecule has 5 aliphatic rings. The van der Waals surface area contributed by atoms with Crippen LogP contribution in [-0.2, 0) is 19.1 Å². The fourth-order valence-electron chi connectivity index (χ4n) is 8.42. The fraction of sp³-hybridized carbons (Fsp3) is 0.833. The Hall–Kier alpha value is -1.40. The molecule has 166 valence electrons. The second kappa shape index (κ2) is 6.55. The first kappa shape index (κ1) is 20.5. The zero-order chi connectivity index (χ0) is 21.5. The minimum atomic E-state index is -0.582. The Bertz CT molecular complexity index is 806. The number of esters is 2. The second-order valence-electron chi connectivity index (χ2n) is 11.0. The molecular formula is C24H34O6. The minimum Gasteiger partial charge on any atom is -0.469 e. The monoisotopic (exact) mass is 418 g/mol. The van der Waals surface area contributed by atoms with Crippen LogP contribution in [0.25, 0.3) is 0 Å². The molecule has 1 aliphatic heterocycles. The summed E-state index contributed by atoms with van der Waals surface area (Å²) in [5, 5.41) is 21.9. The Kier molecular flexibility index (Phi) is 4.48. The predicted molar refractivity (Wildman–Crippen MR) is 108 cm³/mol. The van der Waals surface area contributed by atoms with Gasteiger partial charge in [-0.3, -0.25) is 9.59 Å². The quantitative estimate of drug-likeness (QED) is 0.502. The molecule has 0 amide bonds. The fourth-order valence-corrected chi connectivity index (χ4v) is 8.42. The van der Waals surface area contributed by atoms with E-state index in [4.69, 9.17) is 9.47 Å². The molecule has 5 rings (SSSR count). The van der Waals surface area contributed by atoms with Crippen molar-refractivity contribution < 1.29 is 29.3 Å². The number of aliphatic hydroxyl groups excluding tert-OH is 2. The summed E-state index contributed by atoms with van der Waals surface area (Å²) in [5.41, 5.74) is 0.00865. The standard InChI is InChI=1S/C24H34O6/c1-22-7-4-14(25)10-13(22)11-15(21(28)29-3)19-16-5-8-24(9-6-18(27)30-24)23(16,2)12-17(26)20(19)22/h11,14-17,19-20,25-26H,4-10,12H2,1-3H3/t14-,15+,16-,17?,19-,20?,22-,23-,24+/m0/s1. The smallest absolute Gasteiger partial charge is 0.312 e. The first-order chi connectivity index (χ1) is 14.1. The average Bonchev–Trinajstić information content (AvgIpc) is 3.21. The van der Waals surface area contributed by atoms with Crippen LogP contribution in [0.1, 0.15) is 65.2 Å². The minimum absolute atomic E-state index is 0.0473.